The van der Waals surface area contributed by atoms with Crippen LogP contribution >= 0.6 is 15.9 Å². The summed E-state index contributed by atoms with van der Waals surface area (Å²) in [5.41, 5.74) is 0.306. The summed E-state index contributed by atoms with van der Waals surface area (Å²) >= 11 is 3.26. The van der Waals surface area contributed by atoms with E-state index in [-0.39, 0.29) is 11.1 Å². The molecule has 0 radical (unpaired) electrons. The largest absolute Gasteiger partial charge is 0.493 e. The van der Waals surface area contributed by atoms with Crippen molar-refractivity contribution < 1.29 is 23.0 Å². The first kappa shape index (κ1) is 15.4. The van der Waals surface area contributed by atoms with Crippen LogP contribution in [-0.4, -0.2) is 20.0 Å². The number of halogens is 3. The molecule has 110 valence electrons. The minimum atomic E-state index is -1.07. The summed E-state index contributed by atoms with van der Waals surface area (Å²) in [6, 6.07) is 6.06. The highest BCUT2D eigenvalue weighted by Crippen LogP contribution is 2.34. The maximum atomic E-state index is 13.2. The fourth-order valence-electron chi connectivity index (χ4n) is 1.82. The van der Waals surface area contributed by atoms with E-state index in [4.69, 9.17) is 9.47 Å². The summed E-state index contributed by atoms with van der Waals surface area (Å²) in [6.45, 7) is 0. The molecule has 0 bridgehead atoms. The van der Waals surface area contributed by atoms with E-state index < -0.39 is 17.4 Å². The lowest BCUT2D eigenvalue weighted by molar-refractivity contribution is 0.103. The molecule has 0 spiro atoms. The van der Waals surface area contributed by atoms with Gasteiger partial charge in [0, 0.05) is 15.6 Å². The van der Waals surface area contributed by atoms with Crippen LogP contribution in [0.25, 0.3) is 0 Å². The number of ether oxygens (including phenoxy) is 2. The summed E-state index contributed by atoms with van der Waals surface area (Å²) in [6.07, 6.45) is 0. The summed E-state index contributed by atoms with van der Waals surface area (Å²) in [5.74, 6) is -1.71. The van der Waals surface area contributed by atoms with Crippen LogP contribution in [0.5, 0.6) is 11.5 Å². The van der Waals surface area contributed by atoms with Crippen molar-refractivity contribution in [3.8, 4) is 11.5 Å². The van der Waals surface area contributed by atoms with E-state index in [0.717, 1.165) is 12.1 Å². The smallest absolute Gasteiger partial charge is 0.194 e. The molecule has 0 aliphatic carbocycles. The van der Waals surface area contributed by atoms with Crippen LogP contribution in [0, 0.1) is 11.6 Å². The molecule has 0 aliphatic rings. The second kappa shape index (κ2) is 6.22. The fraction of sp³-hybridized carbons (Fsp3) is 0.133. The molecular weight excluding hydrogens is 346 g/mol. The van der Waals surface area contributed by atoms with Crippen molar-refractivity contribution in [2.45, 2.75) is 0 Å². The number of rotatable bonds is 4. The minimum absolute atomic E-state index is 0.0434. The van der Waals surface area contributed by atoms with Gasteiger partial charge in [0.25, 0.3) is 0 Å². The summed E-state index contributed by atoms with van der Waals surface area (Å²) in [4.78, 5) is 12.4. The molecule has 0 unspecified atom stereocenters. The van der Waals surface area contributed by atoms with E-state index >= 15 is 0 Å². The second-order valence-corrected chi connectivity index (χ2v) is 5.00. The van der Waals surface area contributed by atoms with E-state index in [2.05, 4.69) is 15.9 Å². The third-order valence-electron chi connectivity index (χ3n) is 2.90. The lowest BCUT2D eigenvalue weighted by Gasteiger charge is -2.11. The van der Waals surface area contributed by atoms with Crippen molar-refractivity contribution in [1.82, 2.24) is 0 Å². The maximum absolute atomic E-state index is 13.2. The molecule has 0 saturated carbocycles. The van der Waals surface area contributed by atoms with E-state index in [1.807, 2.05) is 0 Å². The molecule has 2 aromatic carbocycles. The van der Waals surface area contributed by atoms with Crippen molar-refractivity contribution in [1.29, 1.82) is 0 Å². The zero-order valence-electron chi connectivity index (χ0n) is 11.2. The van der Waals surface area contributed by atoms with Crippen molar-refractivity contribution in [2.24, 2.45) is 0 Å². The number of hydrogen-bond acceptors (Lipinski definition) is 3. The van der Waals surface area contributed by atoms with Crippen LogP contribution in [-0.2, 0) is 0 Å². The molecule has 2 rings (SSSR count). The SMILES string of the molecule is COc1cc(Br)c(C(=O)c2ccc(F)c(F)c2)cc1OC. The monoisotopic (exact) mass is 356 g/mol. The molecule has 0 aliphatic heterocycles. The Morgan fingerprint density at radius 1 is 1.00 bits per heavy atom. The molecule has 0 heterocycles. The van der Waals surface area contributed by atoms with Gasteiger partial charge in [0.1, 0.15) is 0 Å². The van der Waals surface area contributed by atoms with Crippen molar-refractivity contribution in [3.63, 3.8) is 0 Å². The Bertz CT molecular complexity index is 702. The zero-order valence-corrected chi connectivity index (χ0v) is 12.8. The van der Waals surface area contributed by atoms with Crippen LogP contribution in [0.4, 0.5) is 8.78 Å². The lowest BCUT2D eigenvalue weighted by atomic mass is 10.0. The fourth-order valence-corrected chi connectivity index (χ4v) is 2.32. The predicted octanol–water partition coefficient (Wildman–Crippen LogP) is 3.98. The summed E-state index contributed by atoms with van der Waals surface area (Å²) in [5, 5.41) is 0. The minimum Gasteiger partial charge on any atom is -0.493 e. The number of benzene rings is 2. The van der Waals surface area contributed by atoms with Gasteiger partial charge >= 0.3 is 0 Å². The molecule has 0 aromatic heterocycles. The van der Waals surface area contributed by atoms with Crippen LogP contribution in [0.3, 0.4) is 0 Å². The van der Waals surface area contributed by atoms with Gasteiger partial charge in [-0.25, -0.2) is 8.78 Å². The van der Waals surface area contributed by atoms with Gasteiger partial charge in [0.2, 0.25) is 0 Å². The first-order valence-corrected chi connectivity index (χ1v) is 6.68. The number of methoxy groups -OCH3 is 2. The molecule has 0 saturated heterocycles. The van der Waals surface area contributed by atoms with Gasteiger partial charge in [-0.1, -0.05) is 0 Å². The van der Waals surface area contributed by atoms with Gasteiger partial charge in [0.05, 0.1) is 14.2 Å². The van der Waals surface area contributed by atoms with E-state index in [0.29, 0.717) is 16.0 Å². The van der Waals surface area contributed by atoms with E-state index in [9.17, 15) is 13.6 Å². The Labute approximate surface area is 128 Å². The van der Waals surface area contributed by atoms with Gasteiger partial charge < -0.3 is 9.47 Å². The average Bonchev–Trinajstić information content (AvgIpc) is 2.49. The van der Waals surface area contributed by atoms with Crippen molar-refractivity contribution >= 4 is 21.7 Å². The highest BCUT2D eigenvalue weighted by Gasteiger charge is 2.18. The molecule has 0 amide bonds. The lowest BCUT2D eigenvalue weighted by Crippen LogP contribution is -2.05. The van der Waals surface area contributed by atoms with Crippen molar-refractivity contribution in [2.75, 3.05) is 14.2 Å². The van der Waals surface area contributed by atoms with Crippen molar-refractivity contribution in [3.05, 3.63) is 57.6 Å². The second-order valence-electron chi connectivity index (χ2n) is 4.15. The standard InChI is InChI=1S/C15H11BrF2O3/c1-20-13-6-9(10(16)7-14(13)21-2)15(19)8-3-4-11(17)12(18)5-8/h3-7H,1-2H3. The maximum Gasteiger partial charge on any atom is 0.194 e. The Morgan fingerprint density at radius 2 is 1.62 bits per heavy atom. The first-order valence-electron chi connectivity index (χ1n) is 5.89. The van der Waals surface area contributed by atoms with E-state index in [1.54, 1.807) is 6.07 Å². The normalized spacial score (nSPS) is 10.3. The molecule has 21 heavy (non-hydrogen) atoms. The highest BCUT2D eigenvalue weighted by atomic mass is 79.9. The quantitative estimate of drug-likeness (QED) is 0.777. The first-order chi connectivity index (χ1) is 9.97. The van der Waals surface area contributed by atoms with E-state index in [1.165, 1.54) is 26.4 Å². The van der Waals surface area contributed by atoms with Crippen LogP contribution in [0.1, 0.15) is 15.9 Å². The molecule has 0 fully saturated rings. The topological polar surface area (TPSA) is 35.5 Å². The van der Waals surface area contributed by atoms with Gasteiger partial charge in [-0.05, 0) is 46.3 Å². The zero-order chi connectivity index (χ0) is 15.6. The highest BCUT2D eigenvalue weighted by molar-refractivity contribution is 9.10. The molecule has 3 nitrogen and oxygen atoms in total. The molecule has 2 aromatic rings. The number of carbonyl (C=O) groups is 1. The number of hydrogen-bond donors (Lipinski definition) is 0. The van der Waals surface area contributed by atoms with Gasteiger partial charge in [-0.2, -0.15) is 0 Å². The Kier molecular flexibility index (Phi) is 4.57. The Morgan fingerprint density at radius 3 is 2.19 bits per heavy atom. The number of ketones is 1. The summed E-state index contributed by atoms with van der Waals surface area (Å²) < 4.78 is 36.9. The van der Waals surface area contributed by atoms with Gasteiger partial charge in [0.15, 0.2) is 28.9 Å². The van der Waals surface area contributed by atoms with Crippen LogP contribution in [0.15, 0.2) is 34.8 Å². The third kappa shape index (κ3) is 3.05. The van der Waals surface area contributed by atoms with Crippen LogP contribution < -0.4 is 9.47 Å². The molecular formula is C15H11BrF2O3. The molecule has 0 atom stereocenters. The Hall–Kier alpha value is -1.95. The van der Waals surface area contributed by atoms with Crippen LogP contribution in [0.2, 0.25) is 0 Å². The predicted molar refractivity (Wildman–Crippen MR) is 77.0 cm³/mol. The average molecular weight is 357 g/mol. The Balaban J connectivity index is 2.50. The van der Waals surface area contributed by atoms with Gasteiger partial charge in [-0.3, -0.25) is 4.79 Å². The van der Waals surface area contributed by atoms with Gasteiger partial charge in [-0.15, -0.1) is 0 Å². The molecule has 0 N–H and O–H groups in total. The molecule has 6 heteroatoms. The number of carbonyl (C=O) groups excluding carboxylic acids is 1. The summed E-state index contributed by atoms with van der Waals surface area (Å²) in [7, 11) is 2.92. The third-order valence-corrected chi connectivity index (χ3v) is 3.56.